The van der Waals surface area contributed by atoms with Crippen molar-refractivity contribution in [1.29, 1.82) is 0 Å². The van der Waals surface area contributed by atoms with Crippen LogP contribution >= 0.6 is 0 Å². The van der Waals surface area contributed by atoms with Crippen LogP contribution < -0.4 is 5.32 Å². The van der Waals surface area contributed by atoms with Crippen molar-refractivity contribution in [3.63, 3.8) is 0 Å². The lowest BCUT2D eigenvalue weighted by atomic mass is 9.58. The largest absolute Gasteiger partial charge is 0.481 e. The van der Waals surface area contributed by atoms with Gasteiger partial charge >= 0.3 is 5.97 Å². The third-order valence-electron chi connectivity index (χ3n) is 4.44. The number of carbonyl (C=O) groups is 2. The fourth-order valence-corrected chi connectivity index (χ4v) is 3.85. The molecule has 2 saturated carbocycles. The standard InChI is InChI=1S/C13H21NO3/c1-8-5-10-7-13(6-8,12(16)17)4-3-11(10)14-9(2)15/h8,10-11H,3-7H2,1-2H3,(H,14,15)(H,16,17). The van der Waals surface area contributed by atoms with Gasteiger partial charge in [0.25, 0.3) is 0 Å². The summed E-state index contributed by atoms with van der Waals surface area (Å²) in [6.07, 6.45) is 4.08. The van der Waals surface area contributed by atoms with Crippen molar-refractivity contribution in [2.75, 3.05) is 0 Å². The van der Waals surface area contributed by atoms with E-state index in [0.717, 1.165) is 25.7 Å². The molecular weight excluding hydrogens is 218 g/mol. The summed E-state index contributed by atoms with van der Waals surface area (Å²) in [6.45, 7) is 3.66. The first-order valence-electron chi connectivity index (χ1n) is 6.43. The van der Waals surface area contributed by atoms with E-state index in [4.69, 9.17) is 0 Å². The monoisotopic (exact) mass is 239 g/mol. The van der Waals surface area contributed by atoms with Crippen molar-refractivity contribution in [3.8, 4) is 0 Å². The summed E-state index contributed by atoms with van der Waals surface area (Å²) >= 11 is 0. The molecule has 2 aliphatic rings. The SMILES string of the molecule is CC(=O)NC1CCC2(C(=O)O)CC(C)CC1C2. The molecule has 0 saturated heterocycles. The average Bonchev–Trinajstić information content (AvgIpc) is 2.21. The maximum Gasteiger partial charge on any atom is 0.309 e. The van der Waals surface area contributed by atoms with Crippen molar-refractivity contribution in [1.82, 2.24) is 5.32 Å². The van der Waals surface area contributed by atoms with E-state index in [2.05, 4.69) is 12.2 Å². The number of amides is 1. The highest BCUT2D eigenvalue weighted by Gasteiger charge is 2.50. The maximum absolute atomic E-state index is 11.5. The zero-order valence-corrected chi connectivity index (χ0v) is 10.5. The van der Waals surface area contributed by atoms with Crippen LogP contribution in [0.2, 0.25) is 0 Å². The van der Waals surface area contributed by atoms with E-state index in [1.165, 1.54) is 6.92 Å². The molecule has 2 aliphatic carbocycles. The van der Waals surface area contributed by atoms with Crippen LogP contribution in [0.3, 0.4) is 0 Å². The smallest absolute Gasteiger partial charge is 0.309 e. The van der Waals surface area contributed by atoms with Crippen molar-refractivity contribution in [3.05, 3.63) is 0 Å². The van der Waals surface area contributed by atoms with Gasteiger partial charge in [0, 0.05) is 13.0 Å². The first-order chi connectivity index (χ1) is 7.93. The highest BCUT2D eigenvalue weighted by Crippen LogP contribution is 2.51. The minimum atomic E-state index is -0.643. The van der Waals surface area contributed by atoms with Crippen LogP contribution in [0.25, 0.3) is 0 Å². The summed E-state index contributed by atoms with van der Waals surface area (Å²) in [5, 5.41) is 12.4. The Balaban J connectivity index is 2.14. The van der Waals surface area contributed by atoms with Crippen LogP contribution in [0.1, 0.15) is 46.0 Å². The van der Waals surface area contributed by atoms with Gasteiger partial charge in [0.05, 0.1) is 5.41 Å². The van der Waals surface area contributed by atoms with Gasteiger partial charge in [0.15, 0.2) is 0 Å². The first-order valence-corrected chi connectivity index (χ1v) is 6.43. The van der Waals surface area contributed by atoms with E-state index in [9.17, 15) is 14.7 Å². The number of fused-ring (bicyclic) bond motifs is 2. The zero-order chi connectivity index (χ0) is 12.6. The summed E-state index contributed by atoms with van der Waals surface area (Å²) in [5.74, 6) is 0.139. The van der Waals surface area contributed by atoms with Crippen molar-refractivity contribution in [2.24, 2.45) is 17.3 Å². The van der Waals surface area contributed by atoms with Crippen molar-refractivity contribution < 1.29 is 14.7 Å². The molecular formula is C13H21NO3. The normalized spacial score (nSPS) is 40.7. The van der Waals surface area contributed by atoms with Gasteiger partial charge in [-0.15, -0.1) is 0 Å². The Labute approximate surface area is 102 Å². The third-order valence-corrected chi connectivity index (χ3v) is 4.44. The molecule has 2 fully saturated rings. The molecule has 4 nitrogen and oxygen atoms in total. The molecule has 0 spiro atoms. The van der Waals surface area contributed by atoms with Gasteiger partial charge in [-0.2, -0.15) is 0 Å². The van der Waals surface area contributed by atoms with Gasteiger partial charge < -0.3 is 10.4 Å². The lowest BCUT2D eigenvalue weighted by Crippen LogP contribution is -2.52. The van der Waals surface area contributed by atoms with E-state index < -0.39 is 11.4 Å². The predicted molar refractivity (Wildman–Crippen MR) is 63.4 cm³/mol. The van der Waals surface area contributed by atoms with E-state index in [-0.39, 0.29) is 11.9 Å². The molecule has 2 rings (SSSR count). The quantitative estimate of drug-likeness (QED) is 0.772. The van der Waals surface area contributed by atoms with Crippen LogP contribution in [0.5, 0.6) is 0 Å². The predicted octanol–water partition coefficient (Wildman–Crippen LogP) is 1.79. The third kappa shape index (κ3) is 2.31. The van der Waals surface area contributed by atoms with Crippen LogP contribution in [0.4, 0.5) is 0 Å². The molecule has 0 heterocycles. The molecule has 4 atom stereocenters. The Hall–Kier alpha value is -1.06. The maximum atomic E-state index is 11.5. The molecule has 1 amide bonds. The van der Waals surface area contributed by atoms with Gasteiger partial charge in [-0.3, -0.25) is 9.59 Å². The number of hydrogen-bond acceptors (Lipinski definition) is 2. The lowest BCUT2D eigenvalue weighted by molar-refractivity contribution is -0.157. The zero-order valence-electron chi connectivity index (χ0n) is 10.5. The summed E-state index contributed by atoms with van der Waals surface area (Å²) < 4.78 is 0. The number of nitrogens with one attached hydrogen (secondary N) is 1. The van der Waals surface area contributed by atoms with Gasteiger partial charge in [0.1, 0.15) is 0 Å². The Morgan fingerprint density at radius 2 is 2.06 bits per heavy atom. The second-order valence-electron chi connectivity index (χ2n) is 5.94. The Morgan fingerprint density at radius 3 is 2.65 bits per heavy atom. The molecule has 0 aromatic heterocycles. The molecule has 2 bridgehead atoms. The second-order valence-corrected chi connectivity index (χ2v) is 5.94. The van der Waals surface area contributed by atoms with Gasteiger partial charge in [-0.25, -0.2) is 0 Å². The van der Waals surface area contributed by atoms with Gasteiger partial charge in [-0.05, 0) is 43.9 Å². The Morgan fingerprint density at radius 1 is 1.35 bits per heavy atom. The molecule has 17 heavy (non-hydrogen) atoms. The number of carboxylic acid groups (broad SMARTS) is 1. The molecule has 4 unspecified atom stereocenters. The second kappa shape index (κ2) is 4.31. The Bertz CT molecular complexity index is 342. The number of carbonyl (C=O) groups excluding carboxylic acids is 1. The average molecular weight is 239 g/mol. The lowest BCUT2D eigenvalue weighted by Gasteiger charge is -2.48. The van der Waals surface area contributed by atoms with Crippen LogP contribution in [-0.4, -0.2) is 23.0 Å². The topological polar surface area (TPSA) is 66.4 Å². The number of rotatable bonds is 2. The molecule has 96 valence electrons. The minimum Gasteiger partial charge on any atom is -0.481 e. The van der Waals surface area contributed by atoms with E-state index >= 15 is 0 Å². The summed E-state index contributed by atoms with van der Waals surface area (Å²) in [6, 6.07) is 0.183. The fraction of sp³-hybridized carbons (Fsp3) is 0.846. The van der Waals surface area contributed by atoms with Crippen molar-refractivity contribution in [2.45, 2.75) is 52.0 Å². The molecule has 0 radical (unpaired) electrons. The first kappa shape index (κ1) is 12.4. The summed E-state index contributed by atoms with van der Waals surface area (Å²) in [4.78, 5) is 22.6. The van der Waals surface area contributed by atoms with Crippen LogP contribution in [-0.2, 0) is 9.59 Å². The minimum absolute atomic E-state index is 0.00366. The van der Waals surface area contributed by atoms with E-state index in [0.29, 0.717) is 18.3 Å². The number of carboxylic acids is 1. The highest BCUT2D eigenvalue weighted by atomic mass is 16.4. The number of hydrogen-bond donors (Lipinski definition) is 2. The van der Waals surface area contributed by atoms with Crippen LogP contribution in [0.15, 0.2) is 0 Å². The van der Waals surface area contributed by atoms with Gasteiger partial charge in [-0.1, -0.05) is 6.92 Å². The van der Waals surface area contributed by atoms with E-state index in [1.807, 2.05) is 0 Å². The fourth-order valence-electron chi connectivity index (χ4n) is 3.85. The molecule has 0 aliphatic heterocycles. The number of aliphatic carboxylic acids is 1. The van der Waals surface area contributed by atoms with Crippen LogP contribution in [0, 0.1) is 17.3 Å². The Kier molecular flexibility index (Phi) is 3.15. The molecule has 4 heteroatoms. The van der Waals surface area contributed by atoms with Crippen molar-refractivity contribution >= 4 is 11.9 Å². The summed E-state index contributed by atoms with van der Waals surface area (Å²) in [5.41, 5.74) is -0.517. The summed E-state index contributed by atoms with van der Waals surface area (Å²) in [7, 11) is 0. The molecule has 0 aromatic carbocycles. The molecule has 2 N–H and O–H groups in total. The highest BCUT2D eigenvalue weighted by molar-refractivity contribution is 5.75. The van der Waals surface area contributed by atoms with E-state index in [1.54, 1.807) is 0 Å². The molecule has 0 aromatic rings. The van der Waals surface area contributed by atoms with Gasteiger partial charge in [0.2, 0.25) is 5.91 Å².